The molecule has 2 aromatic rings. The summed E-state index contributed by atoms with van der Waals surface area (Å²) < 4.78 is 23.4. The predicted molar refractivity (Wildman–Crippen MR) is 89.3 cm³/mol. The molecule has 4 nitrogen and oxygen atoms in total. The second-order valence-corrected chi connectivity index (χ2v) is 8.24. The summed E-state index contributed by atoms with van der Waals surface area (Å²) in [5, 5.41) is 2.08. The normalized spacial score (nSPS) is 11.4. The van der Waals surface area contributed by atoms with Crippen LogP contribution in [0.4, 0.5) is 0 Å². The molecule has 22 heavy (non-hydrogen) atoms. The molecule has 0 aliphatic carbocycles. The third-order valence-electron chi connectivity index (χ3n) is 3.17. The van der Waals surface area contributed by atoms with Gasteiger partial charge in [-0.1, -0.05) is 17.7 Å². The van der Waals surface area contributed by atoms with E-state index in [2.05, 4.69) is 0 Å². The minimum absolute atomic E-state index is 0.0211. The van der Waals surface area contributed by atoms with Gasteiger partial charge < -0.3 is 4.90 Å². The first-order valence-electron chi connectivity index (χ1n) is 6.64. The monoisotopic (exact) mass is 357 g/mol. The maximum Gasteiger partial charge on any atom is 0.254 e. The molecule has 2 rings (SSSR count). The van der Waals surface area contributed by atoms with Crippen LogP contribution in [0.3, 0.4) is 0 Å². The summed E-state index contributed by atoms with van der Waals surface area (Å²) in [5.41, 5.74) is 0.322. The Labute approximate surface area is 139 Å². The fourth-order valence-corrected chi connectivity index (χ4v) is 4.04. The summed E-state index contributed by atoms with van der Waals surface area (Å²) >= 11 is 7.49. The molecular weight excluding hydrogens is 342 g/mol. The van der Waals surface area contributed by atoms with Crippen LogP contribution in [0.5, 0.6) is 0 Å². The largest absolute Gasteiger partial charge is 0.334 e. The number of benzene rings is 1. The Morgan fingerprint density at radius 1 is 1.32 bits per heavy atom. The first kappa shape index (κ1) is 17.0. The molecule has 0 unspecified atom stereocenters. The van der Waals surface area contributed by atoms with Crippen LogP contribution in [0.1, 0.15) is 22.2 Å². The van der Waals surface area contributed by atoms with Crippen LogP contribution in [0.25, 0.3) is 0 Å². The molecule has 1 heterocycles. The molecule has 0 saturated carbocycles. The molecule has 0 N–H and O–H groups in total. The van der Waals surface area contributed by atoms with E-state index in [9.17, 15) is 13.2 Å². The molecular formula is C15H16ClNO3S2. The van der Waals surface area contributed by atoms with Crippen LogP contribution < -0.4 is 0 Å². The van der Waals surface area contributed by atoms with Crippen molar-refractivity contribution in [2.75, 3.05) is 12.8 Å². The van der Waals surface area contributed by atoms with Crippen molar-refractivity contribution in [2.45, 2.75) is 18.4 Å². The van der Waals surface area contributed by atoms with Gasteiger partial charge >= 0.3 is 0 Å². The molecule has 0 bridgehead atoms. The van der Waals surface area contributed by atoms with Gasteiger partial charge in [0.15, 0.2) is 9.84 Å². The lowest BCUT2D eigenvalue weighted by Crippen LogP contribution is -2.30. The Bertz CT molecular complexity index is 770. The van der Waals surface area contributed by atoms with Crippen LogP contribution in [0.15, 0.2) is 40.6 Å². The summed E-state index contributed by atoms with van der Waals surface area (Å²) in [6.07, 6.45) is 1.08. The molecule has 0 spiro atoms. The molecule has 7 heteroatoms. The summed E-state index contributed by atoms with van der Waals surface area (Å²) in [7, 11) is -3.47. The van der Waals surface area contributed by atoms with E-state index in [4.69, 9.17) is 11.6 Å². The van der Waals surface area contributed by atoms with Gasteiger partial charge in [0.05, 0.1) is 16.5 Å². The lowest BCUT2D eigenvalue weighted by atomic mass is 10.2. The lowest BCUT2D eigenvalue weighted by Gasteiger charge is -2.20. The van der Waals surface area contributed by atoms with Crippen molar-refractivity contribution in [3.63, 3.8) is 0 Å². The van der Waals surface area contributed by atoms with Crippen LogP contribution >= 0.6 is 22.9 Å². The maximum atomic E-state index is 12.6. The number of hydrogen-bond acceptors (Lipinski definition) is 4. The number of thiophene rings is 1. The second kappa shape index (κ2) is 6.81. The fourth-order valence-electron chi connectivity index (χ4n) is 2.02. The Balaban J connectivity index is 2.32. The van der Waals surface area contributed by atoms with E-state index in [0.717, 1.165) is 11.1 Å². The Morgan fingerprint density at radius 2 is 2.05 bits per heavy atom. The third-order valence-corrected chi connectivity index (χ3v) is 5.61. The summed E-state index contributed by atoms with van der Waals surface area (Å²) in [6, 6.07) is 8.24. The number of nitrogens with zero attached hydrogens (tertiary/aromatic N) is 1. The minimum atomic E-state index is -3.47. The van der Waals surface area contributed by atoms with Gasteiger partial charge in [-0.15, -0.1) is 11.3 Å². The average molecular weight is 358 g/mol. The van der Waals surface area contributed by atoms with Crippen molar-refractivity contribution < 1.29 is 13.2 Å². The van der Waals surface area contributed by atoms with Gasteiger partial charge in [-0.05, 0) is 36.6 Å². The summed E-state index contributed by atoms with van der Waals surface area (Å²) in [5.74, 6) is -0.211. The molecule has 118 valence electrons. The molecule has 1 aromatic carbocycles. The Morgan fingerprint density at radius 3 is 2.59 bits per heavy atom. The smallest absolute Gasteiger partial charge is 0.254 e. The first-order valence-corrected chi connectivity index (χ1v) is 9.79. The van der Waals surface area contributed by atoms with E-state index in [1.54, 1.807) is 22.3 Å². The van der Waals surface area contributed by atoms with Crippen LogP contribution in [-0.2, 0) is 16.4 Å². The highest BCUT2D eigenvalue weighted by atomic mass is 35.5. The number of rotatable bonds is 5. The second-order valence-electron chi connectivity index (χ2n) is 4.82. The molecule has 0 aliphatic rings. The van der Waals surface area contributed by atoms with Crippen molar-refractivity contribution in [1.29, 1.82) is 0 Å². The number of hydrogen-bond donors (Lipinski definition) is 0. The lowest BCUT2D eigenvalue weighted by molar-refractivity contribution is 0.0754. The zero-order valence-corrected chi connectivity index (χ0v) is 14.6. The van der Waals surface area contributed by atoms with Gasteiger partial charge in [0.25, 0.3) is 5.91 Å². The van der Waals surface area contributed by atoms with Gasteiger partial charge in [-0.25, -0.2) is 8.42 Å². The van der Waals surface area contributed by atoms with E-state index in [-0.39, 0.29) is 15.8 Å². The van der Waals surface area contributed by atoms with Crippen LogP contribution in [0, 0.1) is 0 Å². The highest BCUT2D eigenvalue weighted by molar-refractivity contribution is 7.90. The SMILES string of the molecule is CCN(Cc1cccs1)C(=O)c1ccc(Cl)c(S(C)(=O)=O)c1. The minimum Gasteiger partial charge on any atom is -0.334 e. The molecule has 1 amide bonds. The zero-order valence-electron chi connectivity index (χ0n) is 12.2. The Hall–Kier alpha value is -1.37. The summed E-state index contributed by atoms with van der Waals surface area (Å²) in [4.78, 5) is 15.3. The van der Waals surface area contributed by atoms with Gasteiger partial charge in [0.2, 0.25) is 0 Å². The van der Waals surface area contributed by atoms with Crippen molar-refractivity contribution in [3.8, 4) is 0 Å². The number of sulfone groups is 1. The Kier molecular flexibility index (Phi) is 5.26. The van der Waals surface area contributed by atoms with Crippen molar-refractivity contribution in [2.24, 2.45) is 0 Å². The highest BCUT2D eigenvalue weighted by Gasteiger charge is 2.19. The quantitative estimate of drug-likeness (QED) is 0.823. The zero-order chi connectivity index (χ0) is 16.3. The van der Waals surface area contributed by atoms with E-state index in [1.807, 2.05) is 24.4 Å². The summed E-state index contributed by atoms with van der Waals surface area (Å²) in [6.45, 7) is 2.93. The van der Waals surface area contributed by atoms with Crippen LogP contribution in [-0.4, -0.2) is 32.0 Å². The maximum absolute atomic E-state index is 12.6. The molecule has 0 aliphatic heterocycles. The van der Waals surface area contributed by atoms with Gasteiger partial charge in [0.1, 0.15) is 0 Å². The standard InChI is InChI=1S/C15H16ClNO3S2/c1-3-17(10-12-5-4-8-21-12)15(18)11-6-7-13(16)14(9-11)22(2,19)20/h4-9H,3,10H2,1-2H3. The van der Waals surface area contributed by atoms with Crippen molar-refractivity contribution >= 4 is 38.7 Å². The predicted octanol–water partition coefficient (Wildman–Crippen LogP) is 3.47. The van der Waals surface area contributed by atoms with Gasteiger partial charge in [0, 0.05) is 23.2 Å². The van der Waals surface area contributed by atoms with Crippen LogP contribution in [0.2, 0.25) is 5.02 Å². The van der Waals surface area contributed by atoms with E-state index in [1.165, 1.54) is 12.1 Å². The molecule has 1 aromatic heterocycles. The topological polar surface area (TPSA) is 54.5 Å². The molecule has 0 atom stereocenters. The number of amides is 1. The van der Waals surface area contributed by atoms with E-state index >= 15 is 0 Å². The molecule has 0 saturated heterocycles. The van der Waals surface area contributed by atoms with E-state index < -0.39 is 9.84 Å². The fraction of sp³-hybridized carbons (Fsp3) is 0.267. The van der Waals surface area contributed by atoms with Crippen molar-refractivity contribution in [3.05, 3.63) is 51.2 Å². The van der Waals surface area contributed by atoms with Gasteiger partial charge in [-0.3, -0.25) is 4.79 Å². The van der Waals surface area contributed by atoms with E-state index in [0.29, 0.717) is 18.7 Å². The van der Waals surface area contributed by atoms with Crippen molar-refractivity contribution in [1.82, 2.24) is 4.90 Å². The average Bonchev–Trinajstić information content (AvgIpc) is 2.96. The number of carbonyl (C=O) groups is 1. The molecule has 0 fully saturated rings. The third kappa shape index (κ3) is 3.88. The number of carbonyl (C=O) groups excluding carboxylic acids is 1. The highest BCUT2D eigenvalue weighted by Crippen LogP contribution is 2.24. The number of halogens is 1. The first-order chi connectivity index (χ1) is 10.3. The van der Waals surface area contributed by atoms with Gasteiger partial charge in [-0.2, -0.15) is 0 Å². The molecule has 0 radical (unpaired) electrons.